The zero-order chi connectivity index (χ0) is 8.27. The van der Waals surface area contributed by atoms with Gasteiger partial charge in [-0.2, -0.15) is 0 Å². The molecule has 0 saturated heterocycles. The van der Waals surface area contributed by atoms with Gasteiger partial charge in [0.05, 0.1) is 0 Å². The molecule has 1 rings (SSSR count). The van der Waals surface area contributed by atoms with Gasteiger partial charge in [-0.05, 0) is 37.3 Å². The lowest BCUT2D eigenvalue weighted by atomic mass is 10.1. The zero-order valence-electron chi connectivity index (χ0n) is 7.35. The summed E-state index contributed by atoms with van der Waals surface area (Å²) in [5, 5.41) is 0. The number of aliphatic imine (C=N–C) groups is 1. The van der Waals surface area contributed by atoms with E-state index in [9.17, 15) is 0 Å². The first kappa shape index (κ1) is 8.25. The first-order chi connectivity index (χ1) is 5.29. The van der Waals surface area contributed by atoms with Crippen molar-refractivity contribution in [2.45, 2.75) is 26.2 Å². The third-order valence-electron chi connectivity index (χ3n) is 2.24. The molecule has 0 radical (unpaired) electrons. The molecule has 0 atom stereocenters. The van der Waals surface area contributed by atoms with E-state index in [-0.39, 0.29) is 0 Å². The van der Waals surface area contributed by atoms with Crippen LogP contribution in [0.4, 0.5) is 0 Å². The largest absolute Gasteiger partial charge is 0.293 e. The van der Waals surface area contributed by atoms with Gasteiger partial charge >= 0.3 is 0 Å². The molecule has 0 heterocycles. The Balaban J connectivity index is 2.96. The third-order valence-corrected chi connectivity index (χ3v) is 2.24. The van der Waals surface area contributed by atoms with Gasteiger partial charge in [0, 0.05) is 12.8 Å². The van der Waals surface area contributed by atoms with Crippen molar-refractivity contribution in [2.24, 2.45) is 4.99 Å². The predicted octanol–water partition coefficient (Wildman–Crippen LogP) is 2.74. The average molecular weight is 149 g/mol. The van der Waals surface area contributed by atoms with Crippen LogP contribution in [0.2, 0.25) is 0 Å². The summed E-state index contributed by atoms with van der Waals surface area (Å²) in [7, 11) is 1.87. The predicted molar refractivity (Wildman–Crippen MR) is 50.1 cm³/mol. The Morgan fingerprint density at radius 1 is 1.55 bits per heavy atom. The van der Waals surface area contributed by atoms with Crippen molar-refractivity contribution < 1.29 is 0 Å². The molecule has 1 heteroatoms. The Bertz CT molecular complexity index is 221. The molecule has 0 aromatic rings. The molecule has 0 aliphatic heterocycles. The van der Waals surface area contributed by atoms with Crippen LogP contribution >= 0.6 is 0 Å². The van der Waals surface area contributed by atoms with E-state index in [0.29, 0.717) is 0 Å². The quantitative estimate of drug-likeness (QED) is 0.543. The van der Waals surface area contributed by atoms with Gasteiger partial charge in [0.25, 0.3) is 0 Å². The SMILES string of the molecule is C=C/C(C)=C1/CCCC1=NC. The highest BCUT2D eigenvalue weighted by atomic mass is 14.7. The maximum atomic E-state index is 4.25. The van der Waals surface area contributed by atoms with Crippen molar-refractivity contribution >= 4 is 5.71 Å². The van der Waals surface area contributed by atoms with E-state index in [1.807, 2.05) is 13.1 Å². The van der Waals surface area contributed by atoms with Crippen LogP contribution in [0, 0.1) is 0 Å². The van der Waals surface area contributed by atoms with E-state index < -0.39 is 0 Å². The summed E-state index contributed by atoms with van der Waals surface area (Å²) >= 11 is 0. The fraction of sp³-hybridized carbons (Fsp3) is 0.500. The van der Waals surface area contributed by atoms with Crippen LogP contribution in [-0.4, -0.2) is 12.8 Å². The Kier molecular flexibility index (Phi) is 2.64. The number of hydrogen-bond donors (Lipinski definition) is 0. The molecular formula is C10H15N. The standard InChI is InChI=1S/C10H15N/c1-4-8(2)9-6-5-7-10(9)11-3/h4H,1,5-7H2,2-3H3/b9-8-,11-10?. The molecule has 1 saturated carbocycles. The lowest BCUT2D eigenvalue weighted by Crippen LogP contribution is -1.94. The second kappa shape index (κ2) is 3.51. The molecule has 0 aromatic heterocycles. The van der Waals surface area contributed by atoms with E-state index >= 15 is 0 Å². The molecule has 60 valence electrons. The van der Waals surface area contributed by atoms with Gasteiger partial charge < -0.3 is 0 Å². The highest BCUT2D eigenvalue weighted by Gasteiger charge is 2.15. The molecule has 0 amide bonds. The van der Waals surface area contributed by atoms with Crippen molar-refractivity contribution in [3.63, 3.8) is 0 Å². The summed E-state index contributed by atoms with van der Waals surface area (Å²) in [5.74, 6) is 0. The molecule has 0 spiro atoms. The summed E-state index contributed by atoms with van der Waals surface area (Å²) < 4.78 is 0. The van der Waals surface area contributed by atoms with Gasteiger partial charge in [0.2, 0.25) is 0 Å². The molecule has 1 aliphatic rings. The summed E-state index contributed by atoms with van der Waals surface area (Å²) in [5.41, 5.74) is 3.99. The zero-order valence-corrected chi connectivity index (χ0v) is 7.35. The molecule has 1 fully saturated rings. The maximum Gasteiger partial charge on any atom is 0.0379 e. The van der Waals surface area contributed by atoms with Crippen molar-refractivity contribution in [2.75, 3.05) is 7.05 Å². The molecule has 0 unspecified atom stereocenters. The van der Waals surface area contributed by atoms with Crippen LogP contribution in [0.1, 0.15) is 26.2 Å². The maximum absolute atomic E-state index is 4.25. The van der Waals surface area contributed by atoms with Crippen LogP contribution in [-0.2, 0) is 0 Å². The topological polar surface area (TPSA) is 12.4 Å². The van der Waals surface area contributed by atoms with Gasteiger partial charge in [-0.3, -0.25) is 4.99 Å². The van der Waals surface area contributed by atoms with Crippen molar-refractivity contribution in [1.82, 2.24) is 0 Å². The molecule has 11 heavy (non-hydrogen) atoms. The number of rotatable bonds is 1. The minimum absolute atomic E-state index is 1.15. The average Bonchev–Trinajstić information content (AvgIpc) is 2.50. The van der Waals surface area contributed by atoms with Gasteiger partial charge in [-0.1, -0.05) is 12.7 Å². The molecule has 0 bridgehead atoms. The third kappa shape index (κ3) is 1.59. The molecular weight excluding hydrogens is 134 g/mol. The van der Waals surface area contributed by atoms with Crippen LogP contribution in [0.15, 0.2) is 28.8 Å². The van der Waals surface area contributed by atoms with E-state index in [2.05, 4.69) is 18.5 Å². The second-order valence-corrected chi connectivity index (χ2v) is 2.89. The van der Waals surface area contributed by atoms with E-state index in [1.54, 1.807) is 0 Å². The first-order valence-electron chi connectivity index (χ1n) is 4.07. The normalized spacial score (nSPS) is 25.8. The van der Waals surface area contributed by atoms with Crippen molar-refractivity contribution in [1.29, 1.82) is 0 Å². The lowest BCUT2D eigenvalue weighted by Gasteiger charge is -2.00. The fourth-order valence-corrected chi connectivity index (χ4v) is 1.52. The Morgan fingerprint density at radius 3 is 2.82 bits per heavy atom. The Labute approximate surface area is 68.5 Å². The monoisotopic (exact) mass is 149 g/mol. The van der Waals surface area contributed by atoms with E-state index in [0.717, 1.165) is 6.42 Å². The minimum atomic E-state index is 1.15. The van der Waals surface area contributed by atoms with Gasteiger partial charge in [-0.25, -0.2) is 0 Å². The number of nitrogens with zero attached hydrogens (tertiary/aromatic N) is 1. The van der Waals surface area contributed by atoms with E-state index in [1.165, 1.54) is 29.7 Å². The van der Waals surface area contributed by atoms with Crippen molar-refractivity contribution in [3.8, 4) is 0 Å². The first-order valence-corrected chi connectivity index (χ1v) is 4.07. The Morgan fingerprint density at radius 2 is 2.27 bits per heavy atom. The van der Waals surface area contributed by atoms with Crippen LogP contribution in [0.25, 0.3) is 0 Å². The van der Waals surface area contributed by atoms with Crippen molar-refractivity contribution in [3.05, 3.63) is 23.8 Å². The number of allylic oxidation sites excluding steroid dienone is 3. The van der Waals surface area contributed by atoms with Gasteiger partial charge in [0.15, 0.2) is 0 Å². The smallest absolute Gasteiger partial charge is 0.0379 e. The summed E-state index contributed by atoms with van der Waals surface area (Å²) in [6, 6.07) is 0. The molecule has 0 N–H and O–H groups in total. The Hall–Kier alpha value is -0.850. The second-order valence-electron chi connectivity index (χ2n) is 2.89. The fourth-order valence-electron chi connectivity index (χ4n) is 1.52. The highest BCUT2D eigenvalue weighted by Crippen LogP contribution is 2.24. The van der Waals surface area contributed by atoms with Gasteiger partial charge in [0.1, 0.15) is 0 Å². The lowest BCUT2D eigenvalue weighted by molar-refractivity contribution is 0.942. The minimum Gasteiger partial charge on any atom is -0.293 e. The molecule has 0 aromatic carbocycles. The highest BCUT2D eigenvalue weighted by molar-refractivity contribution is 6.02. The molecule has 1 nitrogen and oxygen atoms in total. The van der Waals surface area contributed by atoms with E-state index in [4.69, 9.17) is 0 Å². The van der Waals surface area contributed by atoms with Gasteiger partial charge in [-0.15, -0.1) is 0 Å². The van der Waals surface area contributed by atoms with Crippen LogP contribution in [0.5, 0.6) is 0 Å². The summed E-state index contributed by atoms with van der Waals surface area (Å²) in [6.07, 6.45) is 5.51. The molecule has 1 aliphatic carbocycles. The summed E-state index contributed by atoms with van der Waals surface area (Å²) in [6.45, 7) is 5.87. The summed E-state index contributed by atoms with van der Waals surface area (Å²) in [4.78, 5) is 4.25. The number of hydrogen-bond acceptors (Lipinski definition) is 1. The van der Waals surface area contributed by atoms with Crippen LogP contribution in [0.3, 0.4) is 0 Å². The van der Waals surface area contributed by atoms with Crippen LogP contribution < -0.4 is 0 Å².